The number of anilines is 1. The molecule has 29 heavy (non-hydrogen) atoms. The van der Waals surface area contributed by atoms with Gasteiger partial charge in [-0.05, 0) is 42.2 Å². The van der Waals surface area contributed by atoms with E-state index in [9.17, 15) is 9.59 Å². The number of benzene rings is 2. The number of fused-ring (bicyclic) bond motifs is 1. The van der Waals surface area contributed by atoms with E-state index in [4.69, 9.17) is 9.47 Å². The van der Waals surface area contributed by atoms with Crippen LogP contribution in [0.2, 0.25) is 0 Å². The summed E-state index contributed by atoms with van der Waals surface area (Å²) >= 11 is 0. The average Bonchev–Trinajstić information content (AvgIpc) is 3.27. The van der Waals surface area contributed by atoms with Crippen LogP contribution in [-0.4, -0.2) is 44.0 Å². The Kier molecular flexibility index (Phi) is 5.01. The van der Waals surface area contributed by atoms with Crippen LogP contribution in [0.5, 0.6) is 11.5 Å². The molecule has 2 aliphatic heterocycles. The van der Waals surface area contributed by atoms with Crippen LogP contribution in [0.1, 0.15) is 24.5 Å². The van der Waals surface area contributed by atoms with E-state index in [2.05, 4.69) is 6.07 Å². The molecule has 2 aromatic carbocycles. The van der Waals surface area contributed by atoms with Crippen molar-refractivity contribution < 1.29 is 19.1 Å². The Hall–Kier alpha value is -3.28. The number of imide groups is 1. The van der Waals surface area contributed by atoms with Crippen LogP contribution >= 0.6 is 0 Å². The molecule has 0 fully saturated rings. The lowest BCUT2D eigenvalue weighted by molar-refractivity contribution is -0.136. The van der Waals surface area contributed by atoms with Crippen molar-refractivity contribution in [2.75, 3.05) is 32.2 Å². The number of para-hydroxylation sites is 1. The molecule has 0 bridgehead atoms. The first-order valence-electron chi connectivity index (χ1n) is 9.79. The molecule has 0 aliphatic carbocycles. The van der Waals surface area contributed by atoms with Crippen molar-refractivity contribution in [1.29, 1.82) is 0 Å². The molecule has 6 heteroatoms. The fourth-order valence-electron chi connectivity index (χ4n) is 4.06. The third-order valence-corrected chi connectivity index (χ3v) is 5.42. The highest BCUT2D eigenvalue weighted by molar-refractivity contribution is 6.36. The van der Waals surface area contributed by atoms with Gasteiger partial charge in [-0.2, -0.15) is 0 Å². The molecule has 0 aromatic heterocycles. The molecule has 2 aromatic rings. The lowest BCUT2D eigenvalue weighted by Crippen LogP contribution is -2.35. The monoisotopic (exact) mass is 392 g/mol. The Morgan fingerprint density at radius 1 is 0.966 bits per heavy atom. The molecule has 0 unspecified atom stereocenters. The average molecular weight is 392 g/mol. The van der Waals surface area contributed by atoms with Crippen LogP contribution < -0.4 is 14.4 Å². The fourth-order valence-corrected chi connectivity index (χ4v) is 4.06. The number of carbonyl (C=O) groups is 2. The Morgan fingerprint density at radius 2 is 1.72 bits per heavy atom. The van der Waals surface area contributed by atoms with Crippen molar-refractivity contribution in [1.82, 2.24) is 4.90 Å². The molecule has 2 amide bonds. The Balaban J connectivity index is 1.89. The summed E-state index contributed by atoms with van der Waals surface area (Å²) in [6, 6.07) is 13.3. The van der Waals surface area contributed by atoms with E-state index in [1.807, 2.05) is 30.0 Å². The minimum Gasteiger partial charge on any atom is -0.493 e. The second kappa shape index (κ2) is 7.62. The van der Waals surface area contributed by atoms with E-state index >= 15 is 0 Å². The van der Waals surface area contributed by atoms with Crippen molar-refractivity contribution in [2.24, 2.45) is 0 Å². The van der Waals surface area contributed by atoms with E-state index in [-0.39, 0.29) is 11.8 Å². The number of nitrogens with zero attached hydrogens (tertiary/aromatic N) is 2. The smallest absolute Gasteiger partial charge is 0.278 e. The number of rotatable bonds is 6. The Labute approximate surface area is 170 Å². The number of hydrogen-bond donors (Lipinski definition) is 0. The van der Waals surface area contributed by atoms with Gasteiger partial charge in [-0.15, -0.1) is 0 Å². The highest BCUT2D eigenvalue weighted by Gasteiger charge is 2.43. The van der Waals surface area contributed by atoms with Crippen LogP contribution in [0.4, 0.5) is 5.69 Å². The minimum absolute atomic E-state index is 0.238. The lowest BCUT2D eigenvalue weighted by atomic mass is 10.0. The third-order valence-electron chi connectivity index (χ3n) is 5.42. The number of carbonyl (C=O) groups excluding carboxylic acids is 2. The molecular formula is C23H24N2O4. The van der Waals surface area contributed by atoms with E-state index in [1.165, 1.54) is 10.5 Å². The van der Waals surface area contributed by atoms with Gasteiger partial charge in [0.25, 0.3) is 11.8 Å². The third kappa shape index (κ3) is 3.05. The summed E-state index contributed by atoms with van der Waals surface area (Å²) in [5, 5.41) is 0. The lowest BCUT2D eigenvalue weighted by Gasteiger charge is -2.21. The van der Waals surface area contributed by atoms with Gasteiger partial charge in [0.1, 0.15) is 5.70 Å². The van der Waals surface area contributed by atoms with Crippen LogP contribution in [0.3, 0.4) is 0 Å². The maximum Gasteiger partial charge on any atom is 0.278 e. The van der Waals surface area contributed by atoms with Crippen molar-refractivity contribution >= 4 is 23.1 Å². The SMILES string of the molecule is CCCN1C(=O)C(c2ccc(OC)c(OC)c2)=C(N2CCc3ccccc32)C1=O. The highest BCUT2D eigenvalue weighted by atomic mass is 16.5. The topological polar surface area (TPSA) is 59.1 Å². The van der Waals surface area contributed by atoms with Crippen LogP contribution in [0.25, 0.3) is 5.57 Å². The van der Waals surface area contributed by atoms with E-state index in [1.54, 1.807) is 32.4 Å². The Morgan fingerprint density at radius 3 is 2.45 bits per heavy atom. The molecule has 2 aliphatic rings. The maximum atomic E-state index is 13.3. The summed E-state index contributed by atoms with van der Waals surface area (Å²) in [5.41, 5.74) is 3.68. The van der Waals surface area contributed by atoms with Gasteiger partial charge >= 0.3 is 0 Å². The quantitative estimate of drug-likeness (QED) is 0.707. The molecule has 6 nitrogen and oxygen atoms in total. The van der Waals surface area contributed by atoms with Gasteiger partial charge in [0.2, 0.25) is 0 Å². The van der Waals surface area contributed by atoms with Crippen molar-refractivity contribution in [3.8, 4) is 11.5 Å². The Bertz CT molecular complexity index is 1010. The van der Waals surface area contributed by atoms with Gasteiger partial charge in [-0.3, -0.25) is 14.5 Å². The summed E-state index contributed by atoms with van der Waals surface area (Å²) in [4.78, 5) is 29.9. The zero-order chi connectivity index (χ0) is 20.5. The number of ether oxygens (including phenoxy) is 2. The first-order chi connectivity index (χ1) is 14.1. The summed E-state index contributed by atoms with van der Waals surface area (Å²) in [5.74, 6) is 0.599. The second-order valence-electron chi connectivity index (χ2n) is 7.09. The molecule has 4 rings (SSSR count). The molecule has 2 heterocycles. The zero-order valence-corrected chi connectivity index (χ0v) is 16.9. The van der Waals surface area contributed by atoms with Crippen molar-refractivity contribution in [3.05, 3.63) is 59.3 Å². The number of methoxy groups -OCH3 is 2. The standard InChI is InChI=1S/C23H24N2O4/c1-4-12-25-22(26)20(16-9-10-18(28-2)19(14-16)29-3)21(23(25)27)24-13-11-15-7-5-6-8-17(15)24/h5-10,14H,4,11-13H2,1-3H3. The summed E-state index contributed by atoms with van der Waals surface area (Å²) in [6.07, 6.45) is 1.55. The largest absolute Gasteiger partial charge is 0.493 e. The van der Waals surface area contributed by atoms with Crippen molar-refractivity contribution in [3.63, 3.8) is 0 Å². The van der Waals surface area contributed by atoms with Crippen molar-refractivity contribution in [2.45, 2.75) is 19.8 Å². The molecule has 0 atom stereocenters. The molecule has 0 radical (unpaired) electrons. The van der Waals surface area contributed by atoms with Gasteiger partial charge in [-0.25, -0.2) is 0 Å². The molecule has 0 N–H and O–H groups in total. The zero-order valence-electron chi connectivity index (χ0n) is 16.9. The highest BCUT2D eigenvalue weighted by Crippen LogP contribution is 2.40. The normalized spacial score (nSPS) is 16.0. The van der Waals surface area contributed by atoms with E-state index < -0.39 is 0 Å². The summed E-state index contributed by atoms with van der Waals surface area (Å²) in [6.45, 7) is 3.03. The van der Waals surface area contributed by atoms with E-state index in [0.29, 0.717) is 47.8 Å². The molecule has 150 valence electrons. The van der Waals surface area contributed by atoms with Gasteiger partial charge in [0.05, 0.1) is 19.8 Å². The first kappa shape index (κ1) is 19.1. The number of amides is 2. The maximum absolute atomic E-state index is 13.3. The summed E-state index contributed by atoms with van der Waals surface area (Å²) in [7, 11) is 3.12. The molecule has 0 saturated carbocycles. The van der Waals surface area contributed by atoms with Crippen LogP contribution in [0.15, 0.2) is 48.2 Å². The molecule has 0 spiro atoms. The fraction of sp³-hybridized carbons (Fsp3) is 0.304. The predicted molar refractivity (Wildman–Crippen MR) is 111 cm³/mol. The van der Waals surface area contributed by atoms with Gasteiger partial charge < -0.3 is 14.4 Å². The van der Waals surface area contributed by atoms with Crippen LogP contribution in [0, 0.1) is 0 Å². The van der Waals surface area contributed by atoms with Gasteiger partial charge in [0.15, 0.2) is 11.5 Å². The van der Waals surface area contributed by atoms with Gasteiger partial charge in [-0.1, -0.05) is 31.2 Å². The van der Waals surface area contributed by atoms with Gasteiger partial charge in [0, 0.05) is 18.8 Å². The first-order valence-corrected chi connectivity index (χ1v) is 9.79. The summed E-state index contributed by atoms with van der Waals surface area (Å²) < 4.78 is 10.7. The van der Waals surface area contributed by atoms with E-state index in [0.717, 1.165) is 12.1 Å². The minimum atomic E-state index is -0.261. The number of hydrogen-bond acceptors (Lipinski definition) is 5. The molecular weight excluding hydrogens is 368 g/mol. The predicted octanol–water partition coefficient (Wildman–Crippen LogP) is 3.26. The van der Waals surface area contributed by atoms with Crippen LogP contribution in [-0.2, 0) is 16.0 Å². The second-order valence-corrected chi connectivity index (χ2v) is 7.09. The molecule has 0 saturated heterocycles.